The summed E-state index contributed by atoms with van der Waals surface area (Å²) in [5, 5.41) is 9.08. The number of thiophene rings is 1. The van der Waals surface area contributed by atoms with E-state index in [9.17, 15) is 0 Å². The van der Waals surface area contributed by atoms with E-state index in [4.69, 9.17) is 0 Å². The summed E-state index contributed by atoms with van der Waals surface area (Å²) in [7, 11) is 0. The summed E-state index contributed by atoms with van der Waals surface area (Å²) in [5.41, 5.74) is 18.1. The minimum atomic E-state index is -0.0582. The molecule has 72 heavy (non-hydrogen) atoms. The maximum atomic E-state index is 2.64. The normalized spacial score (nSPS) is 13.9. The van der Waals surface area contributed by atoms with Gasteiger partial charge in [-0.3, -0.25) is 0 Å². The number of benzene rings is 9. The van der Waals surface area contributed by atoms with Crippen LogP contribution in [0.2, 0.25) is 0 Å². The van der Waals surface area contributed by atoms with E-state index in [0.717, 1.165) is 12.8 Å². The first-order chi connectivity index (χ1) is 34.4. The molecule has 0 bridgehead atoms. The molecule has 2 aliphatic rings. The molecule has 0 fully saturated rings. The number of hydrogen-bond acceptors (Lipinski definition) is 3. The molecule has 2 nitrogen and oxygen atoms in total. The van der Waals surface area contributed by atoms with Crippen LogP contribution in [0.25, 0.3) is 53.5 Å². The minimum Gasteiger partial charge on any atom is -0.311 e. The van der Waals surface area contributed by atoms with Crippen molar-refractivity contribution in [3.63, 3.8) is 0 Å². The Morgan fingerprint density at radius 2 is 0.944 bits per heavy atom. The highest BCUT2D eigenvalue weighted by Crippen LogP contribution is 2.51. The zero-order chi connectivity index (χ0) is 50.2. The van der Waals surface area contributed by atoms with Gasteiger partial charge in [0.15, 0.2) is 0 Å². The van der Waals surface area contributed by atoms with Gasteiger partial charge >= 0.3 is 0 Å². The Labute approximate surface area is 432 Å². The van der Waals surface area contributed by atoms with Crippen molar-refractivity contribution in [2.75, 3.05) is 9.80 Å². The fraction of sp³-hybridized carbons (Fsp3) is 0.265. The van der Waals surface area contributed by atoms with Crippen LogP contribution >= 0.6 is 11.3 Å². The van der Waals surface area contributed by atoms with Crippen molar-refractivity contribution in [2.45, 2.75) is 118 Å². The van der Waals surface area contributed by atoms with Crippen molar-refractivity contribution >= 4 is 110 Å². The maximum Gasteiger partial charge on any atom is 0.264 e. The van der Waals surface area contributed by atoms with Gasteiger partial charge in [0, 0.05) is 43.2 Å². The van der Waals surface area contributed by atoms with Gasteiger partial charge in [-0.25, -0.2) is 0 Å². The van der Waals surface area contributed by atoms with Gasteiger partial charge in [0.1, 0.15) is 0 Å². The standard InChI is InChI=1S/C68H67BN2S/c1-13-67(9,10)43-27-32-47(33-28-43)70-59-24-19-25-60-62(59)69(64-63(70)55-40-45(66(6,7)8)31-37-61(55)72-64)56-41-46(68(11,12)14-2)30-36-58(56)71(60)57-35-29-44(65(3,4)5)39-53(57)42-26-34-52-50-22-16-15-20-48(50)49-21-17-18-23-51(49)54(52)38-42/h15-41H,13-14H2,1-12H3. The highest BCUT2D eigenvalue weighted by molar-refractivity contribution is 7.33. The summed E-state index contributed by atoms with van der Waals surface area (Å²) in [5.74, 6) is 0. The van der Waals surface area contributed by atoms with Crippen LogP contribution in [-0.2, 0) is 21.7 Å². The molecule has 0 unspecified atom stereocenters. The van der Waals surface area contributed by atoms with Crippen molar-refractivity contribution < 1.29 is 0 Å². The predicted octanol–water partition coefficient (Wildman–Crippen LogP) is 18.1. The molecule has 3 heterocycles. The van der Waals surface area contributed by atoms with Crippen LogP contribution in [0.3, 0.4) is 0 Å². The second-order valence-electron chi connectivity index (χ2n) is 24.2. The molecular weight excluding hydrogens is 888 g/mol. The monoisotopic (exact) mass is 955 g/mol. The summed E-state index contributed by atoms with van der Waals surface area (Å²) in [6.45, 7) is 28.3. The first-order valence-electron chi connectivity index (χ1n) is 26.4. The third-order valence-corrected chi connectivity index (χ3v) is 18.3. The van der Waals surface area contributed by atoms with Crippen molar-refractivity contribution in [3.8, 4) is 11.1 Å². The predicted molar refractivity (Wildman–Crippen MR) is 318 cm³/mol. The van der Waals surface area contributed by atoms with Crippen LogP contribution in [0.5, 0.6) is 0 Å². The Morgan fingerprint density at radius 1 is 0.417 bits per heavy atom. The van der Waals surface area contributed by atoms with Gasteiger partial charge in [-0.1, -0.05) is 186 Å². The first kappa shape index (κ1) is 46.5. The van der Waals surface area contributed by atoms with Crippen LogP contribution in [0.1, 0.15) is 118 Å². The van der Waals surface area contributed by atoms with Crippen LogP contribution in [0.15, 0.2) is 164 Å². The molecule has 1 aromatic heterocycles. The summed E-state index contributed by atoms with van der Waals surface area (Å²) in [6, 6.07) is 63.9. The first-order valence-corrected chi connectivity index (χ1v) is 27.2. The Morgan fingerprint density at radius 3 is 1.57 bits per heavy atom. The molecule has 0 aliphatic carbocycles. The van der Waals surface area contributed by atoms with Gasteiger partial charge in [-0.15, -0.1) is 11.3 Å². The van der Waals surface area contributed by atoms with E-state index in [-0.39, 0.29) is 28.4 Å². The second-order valence-corrected chi connectivity index (χ2v) is 25.3. The van der Waals surface area contributed by atoms with Crippen molar-refractivity contribution in [1.82, 2.24) is 0 Å². The summed E-state index contributed by atoms with van der Waals surface area (Å²) in [6.07, 6.45) is 2.13. The minimum absolute atomic E-state index is 0.00344. The molecule has 12 rings (SSSR count). The average molecular weight is 955 g/mol. The number of hydrogen-bond donors (Lipinski definition) is 0. The van der Waals surface area contributed by atoms with Gasteiger partial charge in [-0.05, 0) is 166 Å². The third kappa shape index (κ3) is 7.18. The Bertz CT molecular complexity index is 3780. The fourth-order valence-electron chi connectivity index (χ4n) is 11.8. The van der Waals surface area contributed by atoms with Gasteiger partial charge in [0.05, 0.1) is 11.4 Å². The number of nitrogens with zero attached hydrogens (tertiary/aromatic N) is 2. The lowest BCUT2D eigenvalue weighted by molar-refractivity contribution is 0.506. The number of anilines is 6. The van der Waals surface area contributed by atoms with Crippen LogP contribution in [0, 0.1) is 0 Å². The third-order valence-electron chi connectivity index (χ3n) is 17.1. The van der Waals surface area contributed by atoms with E-state index in [1.54, 1.807) is 0 Å². The average Bonchev–Trinajstić information content (AvgIpc) is 3.76. The summed E-state index contributed by atoms with van der Waals surface area (Å²) >= 11 is 1.99. The Hall–Kier alpha value is -6.62. The van der Waals surface area contributed by atoms with Gasteiger partial charge in [0.2, 0.25) is 0 Å². The van der Waals surface area contributed by atoms with E-state index >= 15 is 0 Å². The van der Waals surface area contributed by atoms with E-state index < -0.39 is 0 Å². The molecular formula is C68H67BN2S. The lowest BCUT2D eigenvalue weighted by Gasteiger charge is -2.44. The number of fused-ring (bicyclic) bond motifs is 12. The van der Waals surface area contributed by atoms with Crippen molar-refractivity contribution in [2.24, 2.45) is 0 Å². The molecule has 0 amide bonds. The molecule has 2 aliphatic heterocycles. The maximum absolute atomic E-state index is 2.64. The largest absolute Gasteiger partial charge is 0.311 e. The molecule has 9 aromatic carbocycles. The molecule has 0 saturated carbocycles. The van der Waals surface area contributed by atoms with Gasteiger partial charge < -0.3 is 9.80 Å². The molecule has 4 heteroatoms. The molecule has 10 aromatic rings. The summed E-state index contributed by atoms with van der Waals surface area (Å²) in [4.78, 5) is 5.27. The zero-order valence-electron chi connectivity index (χ0n) is 44.4. The molecule has 0 N–H and O–H groups in total. The van der Waals surface area contributed by atoms with E-state index in [0.29, 0.717) is 0 Å². The van der Waals surface area contributed by atoms with Crippen molar-refractivity contribution in [1.29, 1.82) is 0 Å². The molecule has 0 atom stereocenters. The van der Waals surface area contributed by atoms with Gasteiger partial charge in [0.25, 0.3) is 6.71 Å². The SMILES string of the molecule is CCC(C)(C)c1ccc(N2c3cccc4c3B(c3cc(C(C)(C)CC)ccc3N4c3ccc(C(C)(C)C)cc3-c3ccc4c5ccccc5c5ccccc5c4c3)c3sc4ccc(C(C)(C)C)cc4c32)cc1. The molecule has 358 valence electrons. The Kier molecular flexibility index (Phi) is 10.6. The van der Waals surface area contributed by atoms with Gasteiger partial charge in [-0.2, -0.15) is 0 Å². The van der Waals surface area contributed by atoms with E-state index in [1.165, 1.54) is 126 Å². The number of rotatable bonds is 7. The van der Waals surface area contributed by atoms with E-state index in [1.807, 2.05) is 11.3 Å². The molecule has 0 saturated heterocycles. The fourth-order valence-corrected chi connectivity index (χ4v) is 13.1. The zero-order valence-corrected chi connectivity index (χ0v) is 45.2. The van der Waals surface area contributed by atoms with Crippen LogP contribution in [-0.4, -0.2) is 6.71 Å². The Balaban J connectivity index is 1.16. The molecule has 0 radical (unpaired) electrons. The van der Waals surface area contributed by atoms with Crippen molar-refractivity contribution in [3.05, 3.63) is 186 Å². The quantitative estimate of drug-likeness (QED) is 0.116. The highest BCUT2D eigenvalue weighted by Gasteiger charge is 2.46. The van der Waals surface area contributed by atoms with Crippen LogP contribution in [0.4, 0.5) is 34.1 Å². The lowest BCUT2D eigenvalue weighted by Crippen LogP contribution is -2.60. The van der Waals surface area contributed by atoms with E-state index in [2.05, 4.69) is 257 Å². The molecule has 0 spiro atoms. The summed E-state index contributed by atoms with van der Waals surface area (Å²) < 4.78 is 2.75. The van der Waals surface area contributed by atoms with Crippen LogP contribution < -0.4 is 25.5 Å². The highest BCUT2D eigenvalue weighted by atomic mass is 32.1. The smallest absolute Gasteiger partial charge is 0.264 e. The second kappa shape index (κ2) is 16.5. The lowest BCUT2D eigenvalue weighted by atomic mass is 9.36. The topological polar surface area (TPSA) is 6.48 Å².